The third kappa shape index (κ3) is 3.31. The molecule has 0 radical (unpaired) electrons. The van der Waals surface area contributed by atoms with Crippen molar-refractivity contribution in [3.63, 3.8) is 0 Å². The molecule has 0 spiro atoms. The van der Waals surface area contributed by atoms with Gasteiger partial charge in [0.25, 0.3) is 5.69 Å². The van der Waals surface area contributed by atoms with Gasteiger partial charge in [-0.05, 0) is 13.0 Å². The number of aliphatic hydroxyl groups is 2. The van der Waals surface area contributed by atoms with Crippen molar-refractivity contribution in [2.45, 2.75) is 19.6 Å². The number of nitro benzene ring substituents is 1. The smallest absolute Gasteiger partial charge is 0.278 e. The van der Waals surface area contributed by atoms with Crippen LogP contribution in [0.1, 0.15) is 12.5 Å². The molecule has 0 saturated carbocycles. The molecule has 7 nitrogen and oxygen atoms in total. The lowest BCUT2D eigenvalue weighted by Crippen LogP contribution is -2.13. The van der Waals surface area contributed by atoms with Crippen LogP contribution in [0.3, 0.4) is 0 Å². The van der Waals surface area contributed by atoms with Crippen LogP contribution >= 0.6 is 0 Å². The summed E-state index contributed by atoms with van der Waals surface area (Å²) < 4.78 is 10.2. The fourth-order valence-electron chi connectivity index (χ4n) is 1.37. The van der Waals surface area contributed by atoms with E-state index in [0.717, 1.165) is 0 Å². The maximum absolute atomic E-state index is 10.8. The van der Waals surface area contributed by atoms with E-state index in [9.17, 15) is 10.1 Å². The molecular weight excluding hydrogens is 242 g/mol. The van der Waals surface area contributed by atoms with Crippen molar-refractivity contribution in [1.82, 2.24) is 0 Å². The molecule has 0 saturated heterocycles. The summed E-state index contributed by atoms with van der Waals surface area (Å²) in [5, 5.41) is 29.0. The number of rotatable bonds is 6. The third-order valence-electron chi connectivity index (χ3n) is 2.21. The summed E-state index contributed by atoms with van der Waals surface area (Å²) in [5.41, 5.74) is -0.111. The molecule has 0 heterocycles. The minimum Gasteiger partial charge on any atom is -0.493 e. The molecule has 1 unspecified atom stereocenters. The molecule has 1 rings (SSSR count). The number of hydrogen-bond donors (Lipinski definition) is 2. The van der Waals surface area contributed by atoms with Gasteiger partial charge in [0.1, 0.15) is 6.61 Å². The first-order chi connectivity index (χ1) is 8.49. The Bertz CT molecular complexity index is 432. The highest BCUT2D eigenvalue weighted by Crippen LogP contribution is 2.34. The zero-order valence-corrected chi connectivity index (χ0v) is 10.1. The van der Waals surface area contributed by atoms with Gasteiger partial charge in [-0.25, -0.2) is 0 Å². The fraction of sp³-hybridized carbons (Fsp3) is 0.455. The number of aliphatic hydroxyl groups excluding tert-OH is 2. The van der Waals surface area contributed by atoms with E-state index in [2.05, 4.69) is 0 Å². The maximum atomic E-state index is 10.8. The SMILES string of the molecule is COc1cc(CO)c([N+](=O)[O-])cc1OCC(C)O. The molecule has 0 aliphatic carbocycles. The Labute approximate surface area is 104 Å². The highest BCUT2D eigenvalue weighted by molar-refractivity contribution is 5.54. The van der Waals surface area contributed by atoms with Crippen molar-refractivity contribution in [2.75, 3.05) is 13.7 Å². The molecule has 1 atom stereocenters. The number of nitro groups is 1. The average molecular weight is 257 g/mol. The predicted octanol–water partition coefficient (Wildman–Crippen LogP) is 0.855. The minimum absolute atomic E-state index is 0.00795. The van der Waals surface area contributed by atoms with E-state index in [1.807, 2.05) is 0 Å². The van der Waals surface area contributed by atoms with Crippen LogP contribution in [0.15, 0.2) is 12.1 Å². The first-order valence-corrected chi connectivity index (χ1v) is 5.26. The van der Waals surface area contributed by atoms with E-state index in [4.69, 9.17) is 19.7 Å². The maximum Gasteiger partial charge on any atom is 0.278 e. The Morgan fingerprint density at radius 1 is 1.44 bits per heavy atom. The van der Waals surface area contributed by atoms with Crippen molar-refractivity contribution in [3.8, 4) is 11.5 Å². The molecule has 0 fully saturated rings. The number of ether oxygens (including phenoxy) is 2. The summed E-state index contributed by atoms with van der Waals surface area (Å²) >= 11 is 0. The molecule has 2 N–H and O–H groups in total. The van der Waals surface area contributed by atoms with Crippen molar-refractivity contribution in [3.05, 3.63) is 27.8 Å². The normalized spacial score (nSPS) is 12.0. The molecular formula is C11H15NO6. The van der Waals surface area contributed by atoms with Gasteiger partial charge in [0.15, 0.2) is 11.5 Å². The number of hydrogen-bond acceptors (Lipinski definition) is 6. The van der Waals surface area contributed by atoms with Crippen LogP contribution in [-0.4, -0.2) is 35.0 Å². The first-order valence-electron chi connectivity index (χ1n) is 5.26. The second-order valence-electron chi connectivity index (χ2n) is 3.71. The van der Waals surface area contributed by atoms with E-state index in [1.165, 1.54) is 26.2 Å². The van der Waals surface area contributed by atoms with Gasteiger partial charge < -0.3 is 19.7 Å². The van der Waals surface area contributed by atoms with Gasteiger partial charge in [-0.2, -0.15) is 0 Å². The van der Waals surface area contributed by atoms with E-state index >= 15 is 0 Å². The molecule has 100 valence electrons. The lowest BCUT2D eigenvalue weighted by Gasteiger charge is -2.13. The largest absolute Gasteiger partial charge is 0.493 e. The van der Waals surface area contributed by atoms with Gasteiger partial charge in [0.05, 0.1) is 36.4 Å². The van der Waals surface area contributed by atoms with E-state index < -0.39 is 17.6 Å². The Hall–Kier alpha value is -1.86. The van der Waals surface area contributed by atoms with Crippen molar-refractivity contribution in [1.29, 1.82) is 0 Å². The summed E-state index contributed by atoms with van der Waals surface area (Å²) in [5.74, 6) is 0.424. The monoisotopic (exact) mass is 257 g/mol. The van der Waals surface area contributed by atoms with Crippen molar-refractivity contribution < 1.29 is 24.6 Å². The van der Waals surface area contributed by atoms with Gasteiger partial charge in [0.2, 0.25) is 0 Å². The molecule has 0 aliphatic heterocycles. The second kappa shape index (κ2) is 6.18. The summed E-state index contributed by atoms with van der Waals surface area (Å²) in [6, 6.07) is 2.52. The van der Waals surface area contributed by atoms with Crippen LogP contribution in [-0.2, 0) is 6.61 Å². The summed E-state index contributed by atoms with van der Waals surface area (Å²) in [6.07, 6.45) is -0.703. The van der Waals surface area contributed by atoms with Gasteiger partial charge in [-0.1, -0.05) is 0 Å². The molecule has 18 heavy (non-hydrogen) atoms. The van der Waals surface area contributed by atoms with Crippen molar-refractivity contribution in [2.24, 2.45) is 0 Å². The zero-order chi connectivity index (χ0) is 13.7. The molecule has 0 bridgehead atoms. The number of benzene rings is 1. The molecule has 0 amide bonds. The highest BCUT2D eigenvalue weighted by Gasteiger charge is 2.19. The Morgan fingerprint density at radius 3 is 2.56 bits per heavy atom. The van der Waals surface area contributed by atoms with E-state index in [0.29, 0.717) is 0 Å². The standard InChI is InChI=1S/C11H15NO6/c1-7(14)6-18-11-4-9(12(15)16)8(5-13)3-10(11)17-2/h3-4,7,13-14H,5-6H2,1-2H3. The number of nitrogens with zero attached hydrogens (tertiary/aromatic N) is 1. The van der Waals surface area contributed by atoms with Crippen LogP contribution in [0, 0.1) is 10.1 Å². The van der Waals surface area contributed by atoms with Gasteiger partial charge in [-0.15, -0.1) is 0 Å². The Morgan fingerprint density at radius 2 is 2.11 bits per heavy atom. The topological polar surface area (TPSA) is 102 Å². The van der Waals surface area contributed by atoms with Crippen LogP contribution in [0.5, 0.6) is 11.5 Å². The summed E-state index contributed by atoms with van der Waals surface area (Å²) in [6.45, 7) is 1.05. The van der Waals surface area contributed by atoms with Gasteiger partial charge in [0, 0.05) is 0 Å². The fourth-order valence-corrected chi connectivity index (χ4v) is 1.37. The number of methoxy groups -OCH3 is 1. The van der Waals surface area contributed by atoms with Gasteiger partial charge in [-0.3, -0.25) is 10.1 Å². The lowest BCUT2D eigenvalue weighted by atomic mass is 10.1. The first kappa shape index (κ1) is 14.2. The highest BCUT2D eigenvalue weighted by atomic mass is 16.6. The molecule has 1 aromatic rings. The van der Waals surface area contributed by atoms with Crippen LogP contribution in [0.2, 0.25) is 0 Å². The molecule has 0 aromatic heterocycles. The van der Waals surface area contributed by atoms with E-state index in [1.54, 1.807) is 0 Å². The Balaban J connectivity index is 3.14. The molecule has 0 aliphatic rings. The lowest BCUT2D eigenvalue weighted by molar-refractivity contribution is -0.386. The van der Waals surface area contributed by atoms with E-state index in [-0.39, 0.29) is 29.4 Å². The average Bonchev–Trinajstić information content (AvgIpc) is 2.34. The molecule has 1 aromatic carbocycles. The second-order valence-corrected chi connectivity index (χ2v) is 3.71. The van der Waals surface area contributed by atoms with Crippen LogP contribution < -0.4 is 9.47 Å². The van der Waals surface area contributed by atoms with Gasteiger partial charge >= 0.3 is 0 Å². The molecule has 7 heteroatoms. The van der Waals surface area contributed by atoms with Crippen LogP contribution in [0.4, 0.5) is 5.69 Å². The predicted molar refractivity (Wildman–Crippen MR) is 62.7 cm³/mol. The third-order valence-corrected chi connectivity index (χ3v) is 2.21. The van der Waals surface area contributed by atoms with Crippen molar-refractivity contribution >= 4 is 5.69 Å². The summed E-state index contributed by atoms with van der Waals surface area (Å²) in [7, 11) is 1.39. The quantitative estimate of drug-likeness (QED) is 0.578. The zero-order valence-electron chi connectivity index (χ0n) is 10.1. The van der Waals surface area contributed by atoms with Crippen LogP contribution in [0.25, 0.3) is 0 Å². The summed E-state index contributed by atoms with van der Waals surface area (Å²) in [4.78, 5) is 10.2. The Kier molecular flexibility index (Phi) is 4.87. The minimum atomic E-state index is -0.703.